The van der Waals surface area contributed by atoms with Crippen LogP contribution in [0.2, 0.25) is 0 Å². The molecule has 0 rings (SSSR count). The zero-order chi connectivity index (χ0) is 14.4. The third-order valence-corrected chi connectivity index (χ3v) is 3.17. The highest BCUT2D eigenvalue weighted by atomic mass is 16.5. The maximum Gasteiger partial charge on any atom is 0.0615 e. The van der Waals surface area contributed by atoms with Gasteiger partial charge in [0.15, 0.2) is 0 Å². The maximum atomic E-state index is 5.26. The van der Waals surface area contributed by atoms with E-state index in [0.29, 0.717) is 6.04 Å². The molecular weight excluding hydrogens is 224 g/mol. The Hall–Kier alpha value is -0.120. The van der Waals surface area contributed by atoms with E-state index in [-0.39, 0.29) is 11.0 Å². The van der Waals surface area contributed by atoms with Gasteiger partial charge in [0.05, 0.1) is 6.61 Å². The summed E-state index contributed by atoms with van der Waals surface area (Å²) in [5, 5.41) is 3.60. The van der Waals surface area contributed by atoms with Crippen LogP contribution in [0.15, 0.2) is 0 Å². The molecule has 0 spiro atoms. The summed E-state index contributed by atoms with van der Waals surface area (Å²) < 4.78 is 5.26. The van der Waals surface area contributed by atoms with Gasteiger partial charge in [-0.3, -0.25) is 4.90 Å². The second-order valence-electron chi connectivity index (χ2n) is 7.14. The number of ether oxygens (including phenoxy) is 1. The first kappa shape index (κ1) is 17.9. The van der Waals surface area contributed by atoms with Crippen molar-refractivity contribution in [1.82, 2.24) is 10.2 Å². The maximum absolute atomic E-state index is 5.26. The van der Waals surface area contributed by atoms with Gasteiger partial charge in [-0.2, -0.15) is 0 Å². The molecule has 1 N–H and O–H groups in total. The van der Waals surface area contributed by atoms with Crippen molar-refractivity contribution in [1.29, 1.82) is 0 Å². The summed E-state index contributed by atoms with van der Waals surface area (Å²) in [7, 11) is 1.77. The Morgan fingerprint density at radius 2 is 1.72 bits per heavy atom. The van der Waals surface area contributed by atoms with Gasteiger partial charge in [-0.15, -0.1) is 0 Å². The van der Waals surface area contributed by atoms with Crippen molar-refractivity contribution >= 4 is 0 Å². The molecule has 0 saturated carbocycles. The Balaban J connectivity index is 4.34. The Bertz CT molecular complexity index is 221. The molecule has 0 aromatic heterocycles. The van der Waals surface area contributed by atoms with Gasteiger partial charge in [0, 0.05) is 31.8 Å². The SMILES string of the molecule is CCN(CC(C)(C)CNC(C)(C)C)C(C)COC. The minimum absolute atomic E-state index is 0.187. The van der Waals surface area contributed by atoms with E-state index in [0.717, 1.165) is 26.2 Å². The molecule has 1 atom stereocenters. The summed E-state index contributed by atoms with van der Waals surface area (Å²) in [6.45, 7) is 19.8. The number of hydrogen-bond acceptors (Lipinski definition) is 3. The molecule has 1 unspecified atom stereocenters. The predicted octanol–water partition coefficient (Wildman–Crippen LogP) is 2.76. The van der Waals surface area contributed by atoms with Crippen LogP contribution in [0.4, 0.5) is 0 Å². The fraction of sp³-hybridized carbons (Fsp3) is 1.00. The number of rotatable bonds is 8. The minimum atomic E-state index is 0.187. The predicted molar refractivity (Wildman–Crippen MR) is 80.1 cm³/mol. The van der Waals surface area contributed by atoms with Gasteiger partial charge in [0.1, 0.15) is 0 Å². The zero-order valence-corrected chi connectivity index (χ0v) is 13.8. The van der Waals surface area contributed by atoms with Gasteiger partial charge in [-0.25, -0.2) is 0 Å². The van der Waals surface area contributed by atoms with Crippen molar-refractivity contribution in [2.45, 2.75) is 60.0 Å². The van der Waals surface area contributed by atoms with Crippen LogP contribution < -0.4 is 5.32 Å². The van der Waals surface area contributed by atoms with Crippen LogP contribution in [0.25, 0.3) is 0 Å². The summed E-state index contributed by atoms with van der Waals surface area (Å²) in [4.78, 5) is 2.49. The largest absolute Gasteiger partial charge is 0.383 e. The van der Waals surface area contributed by atoms with Crippen LogP contribution in [0.5, 0.6) is 0 Å². The second kappa shape index (κ2) is 7.46. The van der Waals surface area contributed by atoms with Crippen LogP contribution in [0, 0.1) is 5.41 Å². The van der Waals surface area contributed by atoms with E-state index >= 15 is 0 Å². The van der Waals surface area contributed by atoms with E-state index in [1.807, 2.05) is 0 Å². The molecule has 3 heteroatoms. The van der Waals surface area contributed by atoms with Gasteiger partial charge in [0.25, 0.3) is 0 Å². The van der Waals surface area contributed by atoms with Gasteiger partial charge in [-0.05, 0) is 39.7 Å². The lowest BCUT2D eigenvalue weighted by Gasteiger charge is -2.37. The minimum Gasteiger partial charge on any atom is -0.383 e. The van der Waals surface area contributed by atoms with E-state index < -0.39 is 0 Å². The summed E-state index contributed by atoms with van der Waals surface area (Å²) >= 11 is 0. The number of nitrogens with zero attached hydrogens (tertiary/aromatic N) is 1. The normalized spacial score (nSPS) is 15.2. The number of methoxy groups -OCH3 is 1. The van der Waals surface area contributed by atoms with Crippen LogP contribution in [-0.2, 0) is 4.74 Å². The first-order chi connectivity index (χ1) is 8.11. The molecule has 0 saturated heterocycles. The summed E-state index contributed by atoms with van der Waals surface area (Å²) in [5.41, 5.74) is 0.456. The molecule has 0 fully saturated rings. The van der Waals surface area contributed by atoms with E-state index in [2.05, 4.69) is 58.7 Å². The molecule has 0 aromatic carbocycles. The van der Waals surface area contributed by atoms with Crippen LogP contribution in [0.1, 0.15) is 48.5 Å². The molecule has 0 aliphatic carbocycles. The van der Waals surface area contributed by atoms with Crippen molar-refractivity contribution in [2.24, 2.45) is 5.41 Å². The molecule has 18 heavy (non-hydrogen) atoms. The number of hydrogen-bond donors (Lipinski definition) is 1. The standard InChI is InChI=1S/C15H34N2O/c1-9-17(13(2)10-18-8)12-15(6,7)11-16-14(3,4)5/h13,16H,9-12H2,1-8H3. The van der Waals surface area contributed by atoms with Gasteiger partial charge in [0.2, 0.25) is 0 Å². The summed E-state index contributed by atoms with van der Waals surface area (Å²) in [5.74, 6) is 0. The first-order valence-electron chi connectivity index (χ1n) is 7.09. The monoisotopic (exact) mass is 258 g/mol. The highest BCUT2D eigenvalue weighted by molar-refractivity contribution is 4.82. The van der Waals surface area contributed by atoms with Crippen molar-refractivity contribution < 1.29 is 4.74 Å². The van der Waals surface area contributed by atoms with E-state index in [9.17, 15) is 0 Å². The van der Waals surface area contributed by atoms with E-state index in [1.165, 1.54) is 0 Å². The average Bonchev–Trinajstić information content (AvgIpc) is 2.23. The topological polar surface area (TPSA) is 24.5 Å². The number of nitrogens with one attached hydrogen (secondary N) is 1. The van der Waals surface area contributed by atoms with Crippen LogP contribution >= 0.6 is 0 Å². The highest BCUT2D eigenvalue weighted by Gasteiger charge is 2.25. The van der Waals surface area contributed by atoms with Crippen LogP contribution in [-0.4, -0.2) is 49.8 Å². The molecule has 110 valence electrons. The summed E-state index contributed by atoms with van der Waals surface area (Å²) in [6, 6.07) is 0.480. The van der Waals surface area contributed by atoms with Gasteiger partial charge < -0.3 is 10.1 Å². The molecule has 0 heterocycles. The molecule has 3 nitrogen and oxygen atoms in total. The Labute approximate surface area is 114 Å². The summed E-state index contributed by atoms with van der Waals surface area (Å²) in [6.07, 6.45) is 0. The average molecular weight is 258 g/mol. The second-order valence-corrected chi connectivity index (χ2v) is 7.14. The van der Waals surface area contributed by atoms with Gasteiger partial charge >= 0.3 is 0 Å². The molecule has 0 amide bonds. The zero-order valence-electron chi connectivity index (χ0n) is 13.8. The van der Waals surface area contributed by atoms with Crippen molar-refractivity contribution in [3.8, 4) is 0 Å². The lowest BCUT2D eigenvalue weighted by molar-refractivity contribution is 0.0737. The van der Waals surface area contributed by atoms with E-state index in [4.69, 9.17) is 4.74 Å². The quantitative estimate of drug-likeness (QED) is 0.724. The molecule has 0 aliphatic heterocycles. The third-order valence-electron chi connectivity index (χ3n) is 3.17. The smallest absolute Gasteiger partial charge is 0.0615 e. The Morgan fingerprint density at radius 1 is 1.17 bits per heavy atom. The van der Waals surface area contributed by atoms with Crippen molar-refractivity contribution in [2.75, 3.05) is 33.4 Å². The fourth-order valence-corrected chi connectivity index (χ4v) is 2.04. The Kier molecular flexibility index (Phi) is 7.41. The third kappa shape index (κ3) is 8.06. The fourth-order valence-electron chi connectivity index (χ4n) is 2.04. The van der Waals surface area contributed by atoms with Crippen LogP contribution in [0.3, 0.4) is 0 Å². The molecule has 0 aromatic rings. The number of likely N-dealkylation sites (N-methyl/N-ethyl adjacent to an activating group) is 1. The van der Waals surface area contributed by atoms with Crippen molar-refractivity contribution in [3.05, 3.63) is 0 Å². The highest BCUT2D eigenvalue weighted by Crippen LogP contribution is 2.19. The Morgan fingerprint density at radius 3 is 2.11 bits per heavy atom. The van der Waals surface area contributed by atoms with E-state index in [1.54, 1.807) is 7.11 Å². The first-order valence-corrected chi connectivity index (χ1v) is 7.09. The molecule has 0 bridgehead atoms. The van der Waals surface area contributed by atoms with Gasteiger partial charge in [-0.1, -0.05) is 20.8 Å². The lowest BCUT2D eigenvalue weighted by atomic mass is 9.90. The lowest BCUT2D eigenvalue weighted by Crippen LogP contribution is -2.48. The van der Waals surface area contributed by atoms with Crippen molar-refractivity contribution in [3.63, 3.8) is 0 Å². The molecule has 0 radical (unpaired) electrons. The molecule has 0 aliphatic rings. The molecular formula is C15H34N2O.